The molecule has 2 aromatic heterocycles. The van der Waals surface area contributed by atoms with Gasteiger partial charge in [0.25, 0.3) is 5.78 Å². The summed E-state index contributed by atoms with van der Waals surface area (Å²) in [5.74, 6) is 1.30. The molecule has 25 heavy (non-hydrogen) atoms. The number of carbonyl (C=O) groups is 1. The van der Waals surface area contributed by atoms with E-state index in [1.165, 1.54) is 5.56 Å². The van der Waals surface area contributed by atoms with Crippen molar-refractivity contribution in [3.8, 4) is 0 Å². The standard InChI is InChI=1S/C19H23N5O/c1-11-6-8-17(12(2)10-11)22-18(25)9-7-16-13(3)20-19-21-15(5)23-24(19)14(16)4/h6,8,10H,7,9H2,1-5H3,(H,22,25). The number of aryl methyl sites for hydroxylation is 5. The molecule has 0 saturated carbocycles. The van der Waals surface area contributed by atoms with Gasteiger partial charge in [-0.3, -0.25) is 4.79 Å². The van der Waals surface area contributed by atoms with Crippen molar-refractivity contribution in [2.24, 2.45) is 0 Å². The van der Waals surface area contributed by atoms with Gasteiger partial charge >= 0.3 is 0 Å². The number of nitrogens with one attached hydrogen (secondary N) is 1. The summed E-state index contributed by atoms with van der Waals surface area (Å²) in [6.45, 7) is 9.84. The van der Waals surface area contributed by atoms with Crippen LogP contribution in [-0.4, -0.2) is 25.5 Å². The van der Waals surface area contributed by atoms with Crippen LogP contribution in [0.15, 0.2) is 18.2 Å². The molecule has 1 N–H and O–H groups in total. The topological polar surface area (TPSA) is 72.2 Å². The highest BCUT2D eigenvalue weighted by molar-refractivity contribution is 5.91. The summed E-state index contributed by atoms with van der Waals surface area (Å²) in [4.78, 5) is 21.2. The van der Waals surface area contributed by atoms with E-state index in [0.717, 1.165) is 28.2 Å². The van der Waals surface area contributed by atoms with Crippen LogP contribution in [0.5, 0.6) is 0 Å². The van der Waals surface area contributed by atoms with Gasteiger partial charge in [-0.05, 0) is 58.2 Å². The van der Waals surface area contributed by atoms with Gasteiger partial charge in [-0.15, -0.1) is 0 Å². The van der Waals surface area contributed by atoms with Crippen LogP contribution in [0.25, 0.3) is 5.78 Å². The molecule has 3 rings (SSSR count). The predicted molar refractivity (Wildman–Crippen MR) is 97.9 cm³/mol. The first-order valence-corrected chi connectivity index (χ1v) is 8.41. The molecule has 1 aromatic carbocycles. The molecule has 0 atom stereocenters. The van der Waals surface area contributed by atoms with Crippen molar-refractivity contribution in [3.63, 3.8) is 0 Å². The molecule has 1 amide bonds. The first-order valence-electron chi connectivity index (χ1n) is 8.41. The zero-order valence-electron chi connectivity index (χ0n) is 15.3. The molecule has 0 unspecified atom stereocenters. The number of carbonyl (C=O) groups excluding carboxylic acids is 1. The molecule has 0 bridgehead atoms. The van der Waals surface area contributed by atoms with Crippen molar-refractivity contribution in [1.29, 1.82) is 0 Å². The van der Waals surface area contributed by atoms with Crippen molar-refractivity contribution in [2.45, 2.75) is 47.5 Å². The maximum atomic E-state index is 12.3. The fourth-order valence-electron chi connectivity index (χ4n) is 3.08. The van der Waals surface area contributed by atoms with Gasteiger partial charge in [0.15, 0.2) is 0 Å². The van der Waals surface area contributed by atoms with E-state index in [9.17, 15) is 4.79 Å². The van der Waals surface area contributed by atoms with Crippen LogP contribution < -0.4 is 5.32 Å². The van der Waals surface area contributed by atoms with Crippen LogP contribution in [0, 0.1) is 34.6 Å². The summed E-state index contributed by atoms with van der Waals surface area (Å²) in [6.07, 6.45) is 1.02. The van der Waals surface area contributed by atoms with Gasteiger partial charge in [0.1, 0.15) is 5.82 Å². The number of benzene rings is 1. The Morgan fingerprint density at radius 3 is 2.60 bits per heavy atom. The first kappa shape index (κ1) is 17.1. The summed E-state index contributed by atoms with van der Waals surface area (Å²) in [5.41, 5.74) is 6.06. The fourth-order valence-corrected chi connectivity index (χ4v) is 3.08. The molecule has 0 saturated heterocycles. The van der Waals surface area contributed by atoms with Crippen molar-refractivity contribution in [1.82, 2.24) is 19.6 Å². The number of hydrogen-bond donors (Lipinski definition) is 1. The Hall–Kier alpha value is -2.76. The third-order valence-corrected chi connectivity index (χ3v) is 4.41. The molecule has 0 aliphatic heterocycles. The summed E-state index contributed by atoms with van der Waals surface area (Å²) >= 11 is 0. The van der Waals surface area contributed by atoms with Gasteiger partial charge in [0.2, 0.25) is 5.91 Å². The molecular formula is C19H23N5O. The lowest BCUT2D eigenvalue weighted by molar-refractivity contribution is -0.116. The number of anilines is 1. The highest BCUT2D eigenvalue weighted by Gasteiger charge is 2.14. The van der Waals surface area contributed by atoms with Crippen molar-refractivity contribution >= 4 is 17.4 Å². The van der Waals surface area contributed by atoms with E-state index in [0.29, 0.717) is 24.4 Å². The molecule has 6 nitrogen and oxygen atoms in total. The minimum atomic E-state index is 0.000575. The summed E-state index contributed by atoms with van der Waals surface area (Å²) in [6, 6.07) is 6.02. The molecule has 3 aromatic rings. The normalized spacial score (nSPS) is 11.1. The number of nitrogens with zero attached hydrogens (tertiary/aromatic N) is 4. The predicted octanol–water partition coefficient (Wildman–Crippen LogP) is 3.24. The summed E-state index contributed by atoms with van der Waals surface area (Å²) in [5, 5.41) is 7.37. The zero-order valence-corrected chi connectivity index (χ0v) is 15.3. The smallest absolute Gasteiger partial charge is 0.252 e. The van der Waals surface area contributed by atoms with Gasteiger partial charge in [-0.25, -0.2) is 9.50 Å². The van der Waals surface area contributed by atoms with E-state index in [1.54, 1.807) is 4.52 Å². The molecule has 0 fully saturated rings. The quantitative estimate of drug-likeness (QED) is 0.793. The number of aromatic nitrogens is 4. The minimum absolute atomic E-state index is 0.000575. The Kier molecular flexibility index (Phi) is 4.53. The van der Waals surface area contributed by atoms with E-state index in [2.05, 4.69) is 26.4 Å². The molecular weight excluding hydrogens is 314 g/mol. The largest absolute Gasteiger partial charge is 0.326 e. The Bertz CT molecular complexity index is 958. The highest BCUT2D eigenvalue weighted by atomic mass is 16.1. The van der Waals surface area contributed by atoms with E-state index >= 15 is 0 Å². The van der Waals surface area contributed by atoms with E-state index in [-0.39, 0.29) is 5.91 Å². The molecule has 130 valence electrons. The molecule has 2 heterocycles. The average molecular weight is 337 g/mol. The van der Waals surface area contributed by atoms with Gasteiger partial charge < -0.3 is 5.32 Å². The lowest BCUT2D eigenvalue weighted by Crippen LogP contribution is -2.15. The average Bonchev–Trinajstić information content (AvgIpc) is 2.90. The van der Waals surface area contributed by atoms with Crippen LogP contribution in [0.3, 0.4) is 0 Å². The Labute approximate surface area is 147 Å². The van der Waals surface area contributed by atoms with Gasteiger partial charge in [0, 0.05) is 23.5 Å². The molecule has 0 aliphatic rings. The first-order chi connectivity index (χ1) is 11.8. The number of rotatable bonds is 4. The van der Waals surface area contributed by atoms with Crippen molar-refractivity contribution < 1.29 is 4.79 Å². The third-order valence-electron chi connectivity index (χ3n) is 4.41. The SMILES string of the molecule is Cc1ccc(NC(=O)CCc2c(C)nc3nc(C)nn3c2C)c(C)c1. The van der Waals surface area contributed by atoms with Crippen LogP contribution >= 0.6 is 0 Å². The van der Waals surface area contributed by atoms with Gasteiger partial charge in [-0.1, -0.05) is 17.7 Å². The van der Waals surface area contributed by atoms with E-state index in [4.69, 9.17) is 0 Å². The maximum Gasteiger partial charge on any atom is 0.252 e. The molecule has 6 heteroatoms. The van der Waals surface area contributed by atoms with Crippen LogP contribution in [0.2, 0.25) is 0 Å². The van der Waals surface area contributed by atoms with Gasteiger partial charge in [-0.2, -0.15) is 10.1 Å². The summed E-state index contributed by atoms with van der Waals surface area (Å²) < 4.78 is 1.75. The lowest BCUT2D eigenvalue weighted by Gasteiger charge is -2.12. The summed E-state index contributed by atoms with van der Waals surface area (Å²) in [7, 11) is 0. The van der Waals surface area contributed by atoms with Crippen molar-refractivity contribution in [2.75, 3.05) is 5.32 Å². The van der Waals surface area contributed by atoms with Crippen molar-refractivity contribution in [3.05, 3.63) is 52.1 Å². The maximum absolute atomic E-state index is 12.3. The monoisotopic (exact) mass is 337 g/mol. The Morgan fingerprint density at radius 1 is 1.12 bits per heavy atom. The second-order valence-electron chi connectivity index (χ2n) is 6.50. The number of hydrogen-bond acceptors (Lipinski definition) is 4. The highest BCUT2D eigenvalue weighted by Crippen LogP contribution is 2.18. The van der Waals surface area contributed by atoms with Gasteiger partial charge in [0.05, 0.1) is 0 Å². The molecule has 0 aliphatic carbocycles. The fraction of sp³-hybridized carbons (Fsp3) is 0.368. The van der Waals surface area contributed by atoms with Crippen LogP contribution in [0.1, 0.15) is 40.3 Å². The van der Waals surface area contributed by atoms with E-state index < -0.39 is 0 Å². The second-order valence-corrected chi connectivity index (χ2v) is 6.50. The van der Waals surface area contributed by atoms with Crippen LogP contribution in [-0.2, 0) is 11.2 Å². The molecule has 0 spiro atoms. The minimum Gasteiger partial charge on any atom is -0.326 e. The Balaban J connectivity index is 1.74. The zero-order chi connectivity index (χ0) is 18.1. The van der Waals surface area contributed by atoms with E-state index in [1.807, 2.05) is 46.8 Å². The van der Waals surface area contributed by atoms with Crippen LogP contribution in [0.4, 0.5) is 5.69 Å². The molecule has 0 radical (unpaired) electrons. The third kappa shape index (κ3) is 3.52. The lowest BCUT2D eigenvalue weighted by atomic mass is 10.1. The second kappa shape index (κ2) is 6.63. The Morgan fingerprint density at radius 2 is 1.88 bits per heavy atom. The number of amides is 1. The number of fused-ring (bicyclic) bond motifs is 1.